The van der Waals surface area contributed by atoms with Crippen LogP contribution in [0.3, 0.4) is 0 Å². The van der Waals surface area contributed by atoms with Crippen LogP contribution in [0.25, 0.3) is 0 Å². The molecule has 0 aromatic carbocycles. The molecule has 1 unspecified atom stereocenters. The Kier molecular flexibility index (Phi) is 5.95. The van der Waals surface area contributed by atoms with E-state index in [0.717, 1.165) is 5.57 Å². The van der Waals surface area contributed by atoms with E-state index >= 15 is 0 Å². The standard InChI is InChI=1S/C22H39O2P/c1-19(2,3)13-14(20(4,5)6)17(23)25-16(22(10,11)12)15(18(25)24)21(7,8)9/h13,15-16H,1-12H3/b14-13+/t15-,16+,25?/m1/s1. The highest BCUT2D eigenvalue weighted by Gasteiger charge is 2.61. The molecule has 2 nitrogen and oxygen atoms in total. The smallest absolute Gasteiger partial charge is 0.188 e. The third-order valence-corrected chi connectivity index (χ3v) is 7.81. The first-order valence-electron chi connectivity index (χ1n) is 9.39. The van der Waals surface area contributed by atoms with E-state index in [1.807, 2.05) is 0 Å². The largest absolute Gasteiger partial charge is 0.294 e. The Morgan fingerprint density at radius 3 is 1.56 bits per heavy atom. The molecule has 1 heterocycles. The Bertz CT molecular complexity index is 571. The van der Waals surface area contributed by atoms with E-state index in [1.54, 1.807) is 0 Å². The van der Waals surface area contributed by atoms with Crippen molar-refractivity contribution in [1.82, 2.24) is 0 Å². The van der Waals surface area contributed by atoms with Crippen LogP contribution in [0.5, 0.6) is 0 Å². The van der Waals surface area contributed by atoms with Crippen molar-refractivity contribution in [3.05, 3.63) is 11.6 Å². The van der Waals surface area contributed by atoms with Crippen LogP contribution in [0, 0.1) is 27.6 Å². The Balaban J connectivity index is 3.40. The molecule has 3 atom stereocenters. The maximum Gasteiger partial charge on any atom is 0.188 e. The first kappa shape index (κ1) is 22.6. The minimum absolute atomic E-state index is 0.0154. The first-order valence-corrected chi connectivity index (χ1v) is 10.8. The lowest BCUT2D eigenvalue weighted by Gasteiger charge is -2.54. The van der Waals surface area contributed by atoms with Gasteiger partial charge in [0.2, 0.25) is 0 Å². The van der Waals surface area contributed by atoms with Crippen molar-refractivity contribution in [1.29, 1.82) is 0 Å². The maximum absolute atomic E-state index is 13.5. The first-order chi connectivity index (χ1) is 10.8. The molecule has 1 saturated heterocycles. The molecule has 0 radical (unpaired) electrons. The summed E-state index contributed by atoms with van der Waals surface area (Å²) in [7, 11) is -1.28. The van der Waals surface area contributed by atoms with Crippen molar-refractivity contribution in [2.75, 3.05) is 0 Å². The van der Waals surface area contributed by atoms with E-state index in [9.17, 15) is 9.59 Å². The van der Waals surface area contributed by atoms with Gasteiger partial charge in [0.1, 0.15) is 0 Å². The van der Waals surface area contributed by atoms with Gasteiger partial charge in [0.25, 0.3) is 0 Å². The molecule has 3 heteroatoms. The average molecular weight is 367 g/mol. The van der Waals surface area contributed by atoms with Crippen molar-refractivity contribution < 1.29 is 9.59 Å². The lowest BCUT2D eigenvalue weighted by atomic mass is 9.71. The van der Waals surface area contributed by atoms with Crippen LogP contribution in [-0.4, -0.2) is 16.7 Å². The molecule has 0 aromatic rings. The normalized spacial score (nSPS) is 26.5. The Hall–Kier alpha value is -0.490. The molecule has 0 N–H and O–H groups in total. The van der Waals surface area contributed by atoms with Gasteiger partial charge in [-0.25, -0.2) is 0 Å². The lowest BCUT2D eigenvalue weighted by Crippen LogP contribution is -2.54. The summed E-state index contributed by atoms with van der Waals surface area (Å²) in [5.41, 5.74) is 0.847. The van der Waals surface area contributed by atoms with Crippen LogP contribution >= 0.6 is 7.92 Å². The van der Waals surface area contributed by atoms with Gasteiger partial charge in [-0.05, 0) is 21.7 Å². The molecule has 0 aliphatic carbocycles. The van der Waals surface area contributed by atoms with E-state index in [4.69, 9.17) is 0 Å². The molecular weight excluding hydrogens is 327 g/mol. The quantitative estimate of drug-likeness (QED) is 0.406. The molecule has 25 heavy (non-hydrogen) atoms. The van der Waals surface area contributed by atoms with Gasteiger partial charge in [0.05, 0.1) is 0 Å². The predicted molar refractivity (Wildman–Crippen MR) is 110 cm³/mol. The summed E-state index contributed by atoms with van der Waals surface area (Å²) < 4.78 is 0. The fourth-order valence-corrected chi connectivity index (χ4v) is 7.24. The molecule has 0 saturated carbocycles. The zero-order valence-corrected chi connectivity index (χ0v) is 19.4. The zero-order chi connectivity index (χ0) is 20.2. The fourth-order valence-electron chi connectivity index (χ4n) is 3.61. The number of hydrogen-bond donors (Lipinski definition) is 0. The predicted octanol–water partition coefficient (Wildman–Crippen LogP) is 6.63. The van der Waals surface area contributed by atoms with Gasteiger partial charge in [-0.15, -0.1) is 0 Å². The Morgan fingerprint density at radius 2 is 1.28 bits per heavy atom. The van der Waals surface area contributed by atoms with Crippen molar-refractivity contribution in [3.63, 3.8) is 0 Å². The van der Waals surface area contributed by atoms with Gasteiger partial charge >= 0.3 is 0 Å². The van der Waals surface area contributed by atoms with Crippen LogP contribution in [-0.2, 0) is 9.59 Å². The Morgan fingerprint density at radius 1 is 0.840 bits per heavy atom. The summed E-state index contributed by atoms with van der Waals surface area (Å²) in [6.45, 7) is 25.5. The average Bonchev–Trinajstić information content (AvgIpc) is 2.26. The molecule has 1 aliphatic heterocycles. The number of hydrogen-bond acceptors (Lipinski definition) is 2. The molecule has 0 spiro atoms. The van der Waals surface area contributed by atoms with Crippen LogP contribution in [0.15, 0.2) is 11.6 Å². The second-order valence-electron chi connectivity index (χ2n) is 11.8. The highest BCUT2D eigenvalue weighted by molar-refractivity contribution is 7.92. The number of rotatable bonds is 2. The van der Waals surface area contributed by atoms with Gasteiger partial charge in [0.15, 0.2) is 11.0 Å². The molecule has 0 amide bonds. The van der Waals surface area contributed by atoms with Crippen molar-refractivity contribution >= 4 is 19.0 Å². The van der Waals surface area contributed by atoms with Gasteiger partial charge in [-0.3, -0.25) is 9.59 Å². The van der Waals surface area contributed by atoms with E-state index in [1.165, 1.54) is 0 Å². The van der Waals surface area contributed by atoms with E-state index in [0.29, 0.717) is 0 Å². The summed E-state index contributed by atoms with van der Waals surface area (Å²) in [6.07, 6.45) is 2.09. The zero-order valence-electron chi connectivity index (χ0n) is 18.5. The van der Waals surface area contributed by atoms with Crippen molar-refractivity contribution in [3.8, 4) is 0 Å². The van der Waals surface area contributed by atoms with E-state index in [2.05, 4.69) is 89.2 Å². The summed E-state index contributed by atoms with van der Waals surface area (Å²) in [6, 6.07) is 0. The molecular formula is C22H39O2P. The topological polar surface area (TPSA) is 34.1 Å². The Labute approximate surface area is 157 Å². The minimum atomic E-state index is -1.28. The van der Waals surface area contributed by atoms with Gasteiger partial charge in [0, 0.05) is 25.1 Å². The highest BCUT2D eigenvalue weighted by Crippen LogP contribution is 2.69. The summed E-state index contributed by atoms with van der Waals surface area (Å²) >= 11 is 0. The number of carbonyl (C=O) groups excluding carboxylic acids is 2. The maximum atomic E-state index is 13.5. The third-order valence-electron chi connectivity index (χ3n) is 4.75. The van der Waals surface area contributed by atoms with E-state index < -0.39 is 7.92 Å². The van der Waals surface area contributed by atoms with Crippen molar-refractivity contribution in [2.24, 2.45) is 27.6 Å². The lowest BCUT2D eigenvalue weighted by molar-refractivity contribution is -0.123. The fraction of sp³-hybridized carbons (Fsp3) is 0.818. The molecule has 1 fully saturated rings. The molecule has 1 aliphatic rings. The van der Waals surface area contributed by atoms with Gasteiger partial charge in [-0.1, -0.05) is 89.2 Å². The minimum Gasteiger partial charge on any atom is -0.294 e. The molecule has 0 bridgehead atoms. The molecule has 1 rings (SSSR count). The summed E-state index contributed by atoms with van der Waals surface area (Å²) in [5.74, 6) is -0.0154. The van der Waals surface area contributed by atoms with Crippen LogP contribution in [0.4, 0.5) is 0 Å². The second-order valence-corrected chi connectivity index (χ2v) is 14.0. The third kappa shape index (κ3) is 5.03. The van der Waals surface area contributed by atoms with Crippen LogP contribution in [0.2, 0.25) is 0 Å². The van der Waals surface area contributed by atoms with Crippen LogP contribution in [0.1, 0.15) is 83.1 Å². The van der Waals surface area contributed by atoms with Gasteiger partial charge in [-0.2, -0.15) is 0 Å². The number of allylic oxidation sites excluding steroid dienone is 2. The van der Waals surface area contributed by atoms with Crippen molar-refractivity contribution in [2.45, 2.75) is 88.7 Å². The van der Waals surface area contributed by atoms with Crippen LogP contribution < -0.4 is 0 Å². The second kappa shape index (κ2) is 6.59. The van der Waals surface area contributed by atoms with E-state index in [-0.39, 0.29) is 44.3 Å². The molecule has 144 valence electrons. The number of carbonyl (C=O) groups is 2. The highest BCUT2D eigenvalue weighted by atomic mass is 31.1. The SMILES string of the molecule is CC(C)(C)/C=C(\C(=O)P1C(=O)[C@H](C(C)(C)C)[C@H]1C(C)(C)C)C(C)(C)C. The summed E-state index contributed by atoms with van der Waals surface area (Å²) in [4.78, 5) is 26.6. The van der Waals surface area contributed by atoms with Gasteiger partial charge < -0.3 is 0 Å². The monoisotopic (exact) mass is 366 g/mol. The summed E-state index contributed by atoms with van der Waals surface area (Å²) in [5, 5.41) is 0. The molecule has 0 aromatic heterocycles.